The van der Waals surface area contributed by atoms with E-state index in [9.17, 15) is 18.0 Å². The van der Waals surface area contributed by atoms with Crippen LogP contribution in [0.3, 0.4) is 0 Å². The highest BCUT2D eigenvalue weighted by atomic mass is 32.2. The van der Waals surface area contributed by atoms with E-state index < -0.39 is 26.2 Å². The topological polar surface area (TPSA) is 112 Å². The van der Waals surface area contributed by atoms with Crippen molar-refractivity contribution >= 4 is 10.0 Å². The van der Waals surface area contributed by atoms with Gasteiger partial charge in [0.05, 0.1) is 0 Å². The lowest BCUT2D eigenvalue weighted by Crippen LogP contribution is -2.34. The predicted molar refractivity (Wildman–Crippen MR) is 72.9 cm³/mol. The highest BCUT2D eigenvalue weighted by Crippen LogP contribution is 2.06. The first-order chi connectivity index (χ1) is 9.40. The van der Waals surface area contributed by atoms with Crippen LogP contribution in [0.15, 0.2) is 44.8 Å². The van der Waals surface area contributed by atoms with E-state index in [4.69, 9.17) is 0 Å². The van der Waals surface area contributed by atoms with Crippen LogP contribution in [0.2, 0.25) is 0 Å². The molecule has 2 aromatic rings. The number of sulfonamides is 1. The monoisotopic (exact) mass is 295 g/mol. The van der Waals surface area contributed by atoms with Crippen LogP contribution in [-0.2, 0) is 16.6 Å². The van der Waals surface area contributed by atoms with Gasteiger partial charge in [-0.1, -0.05) is 30.3 Å². The van der Waals surface area contributed by atoms with Crippen molar-refractivity contribution in [2.75, 3.05) is 0 Å². The van der Waals surface area contributed by atoms with Gasteiger partial charge in [-0.05, 0) is 12.5 Å². The summed E-state index contributed by atoms with van der Waals surface area (Å²) in [5, 5.41) is 0. The van der Waals surface area contributed by atoms with Gasteiger partial charge in [0.15, 0.2) is 4.90 Å². The average molecular weight is 295 g/mol. The molecule has 0 fully saturated rings. The summed E-state index contributed by atoms with van der Waals surface area (Å²) in [5.41, 5.74) is -0.921. The van der Waals surface area contributed by atoms with E-state index in [1.807, 2.05) is 11.1 Å². The predicted octanol–water partition coefficient (Wildman–Crippen LogP) is -0.150. The Hall–Kier alpha value is -2.19. The number of hydrogen-bond donors (Lipinski definition) is 3. The van der Waals surface area contributed by atoms with Crippen LogP contribution < -0.4 is 16.0 Å². The third-order valence-corrected chi connectivity index (χ3v) is 4.21. The highest BCUT2D eigenvalue weighted by Gasteiger charge is 2.21. The number of rotatable bonds is 4. The van der Waals surface area contributed by atoms with Gasteiger partial charge in [0.1, 0.15) is 0 Å². The number of nitrogens with one attached hydrogen (secondary N) is 3. The number of aryl methyl sites for hydroxylation is 1. The minimum absolute atomic E-state index is 0.000637. The molecule has 0 aliphatic rings. The van der Waals surface area contributed by atoms with Crippen molar-refractivity contribution in [1.29, 1.82) is 0 Å². The Morgan fingerprint density at radius 1 is 1.10 bits per heavy atom. The van der Waals surface area contributed by atoms with Crippen molar-refractivity contribution in [1.82, 2.24) is 14.7 Å². The van der Waals surface area contributed by atoms with Crippen LogP contribution in [0.1, 0.15) is 11.3 Å². The molecule has 20 heavy (non-hydrogen) atoms. The Kier molecular flexibility index (Phi) is 3.86. The fourth-order valence-electron chi connectivity index (χ4n) is 1.76. The molecule has 0 saturated carbocycles. The normalized spacial score (nSPS) is 11.4. The second-order valence-corrected chi connectivity index (χ2v) is 5.88. The first kappa shape index (κ1) is 14.2. The molecule has 8 heteroatoms. The number of H-pyrrole nitrogens is 2. The van der Waals surface area contributed by atoms with Gasteiger partial charge in [-0.3, -0.25) is 9.78 Å². The molecule has 3 N–H and O–H groups in total. The highest BCUT2D eigenvalue weighted by molar-refractivity contribution is 7.89. The molecule has 1 aromatic carbocycles. The zero-order valence-electron chi connectivity index (χ0n) is 10.6. The number of hydrogen-bond acceptors (Lipinski definition) is 4. The van der Waals surface area contributed by atoms with Gasteiger partial charge in [-0.25, -0.2) is 17.9 Å². The van der Waals surface area contributed by atoms with E-state index >= 15 is 0 Å². The molecule has 1 heterocycles. The van der Waals surface area contributed by atoms with E-state index in [0.717, 1.165) is 5.56 Å². The summed E-state index contributed by atoms with van der Waals surface area (Å²) in [6.45, 7) is 1.41. The van der Waals surface area contributed by atoms with Crippen molar-refractivity contribution in [2.45, 2.75) is 18.4 Å². The molecule has 0 bridgehead atoms. The minimum atomic E-state index is -4.00. The van der Waals surface area contributed by atoms with Crippen molar-refractivity contribution < 1.29 is 8.42 Å². The minimum Gasteiger partial charge on any atom is -0.310 e. The van der Waals surface area contributed by atoms with Gasteiger partial charge in [0, 0.05) is 12.2 Å². The Morgan fingerprint density at radius 2 is 1.75 bits per heavy atom. The number of aromatic nitrogens is 2. The lowest BCUT2D eigenvalue weighted by atomic mass is 10.2. The summed E-state index contributed by atoms with van der Waals surface area (Å²) >= 11 is 0. The SMILES string of the molecule is Cc1[nH]c(=O)[nH]c(=O)c1S(=O)(=O)NCc1ccccc1. The maximum Gasteiger partial charge on any atom is 0.325 e. The lowest BCUT2D eigenvalue weighted by Gasteiger charge is -2.07. The third kappa shape index (κ3) is 3.03. The van der Waals surface area contributed by atoms with Crippen molar-refractivity contribution in [2.24, 2.45) is 0 Å². The maximum atomic E-state index is 12.1. The van der Waals surface area contributed by atoms with Gasteiger partial charge in [-0.2, -0.15) is 0 Å². The quantitative estimate of drug-likeness (QED) is 0.728. The average Bonchev–Trinajstić information content (AvgIpc) is 2.36. The van der Waals surface area contributed by atoms with Crippen molar-refractivity contribution in [3.05, 3.63) is 62.4 Å². The Bertz CT molecular complexity index is 822. The number of aromatic amines is 2. The third-order valence-electron chi connectivity index (χ3n) is 2.65. The Balaban J connectivity index is 2.32. The zero-order valence-corrected chi connectivity index (χ0v) is 11.5. The molecule has 0 amide bonds. The molecule has 0 saturated heterocycles. The molecule has 0 spiro atoms. The smallest absolute Gasteiger partial charge is 0.310 e. The summed E-state index contributed by atoms with van der Waals surface area (Å²) < 4.78 is 26.5. The lowest BCUT2D eigenvalue weighted by molar-refractivity contribution is 0.578. The molecule has 0 atom stereocenters. The first-order valence-electron chi connectivity index (χ1n) is 5.77. The molecule has 0 aliphatic carbocycles. The Morgan fingerprint density at radius 3 is 2.35 bits per heavy atom. The van der Waals surface area contributed by atoms with Gasteiger partial charge in [0.2, 0.25) is 10.0 Å². The largest absolute Gasteiger partial charge is 0.325 e. The second kappa shape index (κ2) is 5.43. The van der Waals surface area contributed by atoms with Crippen molar-refractivity contribution in [3.63, 3.8) is 0 Å². The van der Waals surface area contributed by atoms with Crippen LogP contribution in [-0.4, -0.2) is 18.4 Å². The van der Waals surface area contributed by atoms with E-state index in [2.05, 4.69) is 9.71 Å². The van der Waals surface area contributed by atoms with E-state index in [0.29, 0.717) is 0 Å². The molecular formula is C12H13N3O4S. The van der Waals surface area contributed by atoms with Crippen molar-refractivity contribution in [3.8, 4) is 0 Å². The first-order valence-corrected chi connectivity index (χ1v) is 7.25. The van der Waals surface area contributed by atoms with Crippen LogP contribution in [0.4, 0.5) is 0 Å². The van der Waals surface area contributed by atoms with Gasteiger partial charge < -0.3 is 4.98 Å². The van der Waals surface area contributed by atoms with E-state index in [1.165, 1.54) is 6.92 Å². The molecule has 2 rings (SSSR count). The fraction of sp³-hybridized carbons (Fsp3) is 0.167. The maximum absolute atomic E-state index is 12.1. The van der Waals surface area contributed by atoms with Gasteiger partial charge in [0.25, 0.3) is 5.56 Å². The standard InChI is InChI=1S/C12H13N3O4S/c1-8-10(11(16)15-12(17)14-8)20(18,19)13-7-9-5-3-2-4-6-9/h2-6,13H,7H2,1H3,(H2,14,15,16,17). The summed E-state index contributed by atoms with van der Waals surface area (Å²) in [6, 6.07) is 8.89. The van der Waals surface area contributed by atoms with E-state index in [-0.39, 0.29) is 12.2 Å². The van der Waals surface area contributed by atoms with Crippen LogP contribution in [0.5, 0.6) is 0 Å². The number of benzene rings is 1. The molecule has 0 aliphatic heterocycles. The summed E-state index contributed by atoms with van der Waals surface area (Å²) in [4.78, 5) is 26.3. The molecule has 106 valence electrons. The second-order valence-electron chi connectivity index (χ2n) is 4.17. The van der Waals surface area contributed by atoms with Gasteiger partial charge >= 0.3 is 5.69 Å². The molecule has 7 nitrogen and oxygen atoms in total. The van der Waals surface area contributed by atoms with Crippen LogP contribution in [0.25, 0.3) is 0 Å². The Labute approximate surface area is 114 Å². The molecule has 1 aromatic heterocycles. The summed E-state index contributed by atoms with van der Waals surface area (Å²) in [5.74, 6) is 0. The molecule has 0 radical (unpaired) electrons. The summed E-state index contributed by atoms with van der Waals surface area (Å²) in [7, 11) is -4.00. The fourth-order valence-corrected chi connectivity index (χ4v) is 3.01. The van der Waals surface area contributed by atoms with Crippen LogP contribution >= 0.6 is 0 Å². The van der Waals surface area contributed by atoms with Gasteiger partial charge in [-0.15, -0.1) is 0 Å². The van der Waals surface area contributed by atoms with Crippen LogP contribution in [0, 0.1) is 6.92 Å². The van der Waals surface area contributed by atoms with E-state index in [1.54, 1.807) is 24.3 Å². The summed E-state index contributed by atoms with van der Waals surface area (Å²) in [6.07, 6.45) is 0. The molecular weight excluding hydrogens is 282 g/mol. The zero-order chi connectivity index (χ0) is 14.8. The molecule has 0 unspecified atom stereocenters.